The molecule has 308 valence electrons. The minimum Gasteiger partial charge on any atom is -0.477 e. The molecule has 1 aromatic heterocycles. The normalized spacial score (nSPS) is 11.6. The van der Waals surface area contributed by atoms with Gasteiger partial charge in [0.15, 0.2) is 46.5 Å². The number of rotatable bonds is 9. The molecule has 0 spiro atoms. The van der Waals surface area contributed by atoms with Crippen LogP contribution >= 0.6 is 11.3 Å². The Morgan fingerprint density at radius 1 is 0.532 bits per heavy atom. The molecule has 0 saturated heterocycles. The summed E-state index contributed by atoms with van der Waals surface area (Å²) in [5.74, 6) is -24.9. The van der Waals surface area contributed by atoms with Gasteiger partial charge in [-0.25, -0.2) is 48.7 Å². The van der Waals surface area contributed by atoms with E-state index >= 15 is 35.1 Å². The first-order chi connectivity index (χ1) is 29.7. The van der Waals surface area contributed by atoms with E-state index in [0.717, 1.165) is 23.5 Å². The number of anilines is 6. The highest BCUT2D eigenvalue weighted by molar-refractivity contribution is 7.16. The molecule has 0 radical (unpaired) electrons. The highest BCUT2D eigenvalue weighted by Crippen LogP contribution is 2.49. The second-order valence-electron chi connectivity index (χ2n) is 13.4. The van der Waals surface area contributed by atoms with E-state index in [4.69, 9.17) is 0 Å². The molecule has 0 aliphatic carbocycles. The Kier molecular flexibility index (Phi) is 10.7. The Bertz CT molecular complexity index is 3000. The lowest BCUT2D eigenvalue weighted by Gasteiger charge is -2.32. The zero-order valence-corrected chi connectivity index (χ0v) is 31.7. The third-order valence-corrected chi connectivity index (χ3v) is 10.9. The van der Waals surface area contributed by atoms with Gasteiger partial charge in [-0.15, -0.1) is 11.3 Å². The maximum Gasteiger partial charge on any atom is 0.346 e. The van der Waals surface area contributed by atoms with Crippen molar-refractivity contribution < 1.29 is 53.8 Å². The molecular weight excluding hydrogens is 849 g/mol. The minimum absolute atomic E-state index is 0.0424. The molecule has 0 atom stereocenters. The summed E-state index contributed by atoms with van der Waals surface area (Å²) in [6.45, 7) is 0. The molecule has 7 aromatic carbocycles. The second kappa shape index (κ2) is 16.1. The zero-order chi connectivity index (χ0) is 44.1. The Hall–Kier alpha value is -7.64. The van der Waals surface area contributed by atoms with Crippen molar-refractivity contribution in [3.63, 3.8) is 0 Å². The van der Waals surface area contributed by atoms with Gasteiger partial charge >= 0.3 is 5.97 Å². The lowest BCUT2D eigenvalue weighted by atomic mass is 10.0. The Labute approximate surface area is 347 Å². The smallest absolute Gasteiger partial charge is 0.346 e. The molecule has 5 nitrogen and oxygen atoms in total. The van der Waals surface area contributed by atoms with Crippen molar-refractivity contribution in [1.29, 1.82) is 5.26 Å². The summed E-state index contributed by atoms with van der Waals surface area (Å²) < 4.78 is 155. The van der Waals surface area contributed by atoms with E-state index in [0.29, 0.717) is 20.6 Å². The van der Waals surface area contributed by atoms with Crippen LogP contribution in [0.5, 0.6) is 0 Å². The number of aliphatic carboxylic acids is 1. The topological polar surface area (TPSA) is 67.6 Å². The predicted octanol–water partition coefficient (Wildman–Crippen LogP) is 14.0. The van der Waals surface area contributed by atoms with Crippen LogP contribution in [0.15, 0.2) is 121 Å². The van der Waals surface area contributed by atoms with Crippen molar-refractivity contribution >= 4 is 79.1 Å². The number of carbonyl (C=O) groups is 1. The summed E-state index contributed by atoms with van der Waals surface area (Å²) in [4.78, 5) is 13.3. The van der Waals surface area contributed by atoms with E-state index in [1.165, 1.54) is 78.9 Å². The van der Waals surface area contributed by atoms with Gasteiger partial charge in [-0.1, -0.05) is 72.8 Å². The lowest BCUT2D eigenvalue weighted by molar-refractivity contribution is -0.132. The van der Waals surface area contributed by atoms with Crippen molar-refractivity contribution in [2.24, 2.45) is 0 Å². The van der Waals surface area contributed by atoms with E-state index in [-0.39, 0.29) is 37.5 Å². The maximum atomic E-state index is 16.2. The number of benzene rings is 7. The summed E-state index contributed by atoms with van der Waals surface area (Å²) >= 11 is 0.839. The van der Waals surface area contributed by atoms with Crippen LogP contribution in [0.1, 0.15) is 4.88 Å². The van der Waals surface area contributed by atoms with E-state index in [1.54, 1.807) is 36.4 Å². The molecule has 0 bridgehead atoms. The van der Waals surface area contributed by atoms with Crippen molar-refractivity contribution in [1.82, 2.24) is 0 Å². The van der Waals surface area contributed by atoms with E-state index in [2.05, 4.69) is 0 Å². The molecule has 0 amide bonds. The van der Waals surface area contributed by atoms with Crippen LogP contribution in [-0.4, -0.2) is 11.1 Å². The second-order valence-corrected chi connectivity index (χ2v) is 14.5. The van der Waals surface area contributed by atoms with Gasteiger partial charge in [-0.3, -0.25) is 0 Å². The molecule has 0 aliphatic heterocycles. The van der Waals surface area contributed by atoms with Crippen LogP contribution < -0.4 is 9.80 Å². The molecule has 0 unspecified atom stereocenters. The van der Waals surface area contributed by atoms with Gasteiger partial charge in [0.2, 0.25) is 11.6 Å². The summed E-state index contributed by atoms with van der Waals surface area (Å²) in [5.41, 5.74) is -4.99. The van der Waals surface area contributed by atoms with E-state index in [1.807, 2.05) is 0 Å². The Morgan fingerprint density at radius 3 is 1.35 bits per heavy atom. The third kappa shape index (κ3) is 6.91. The van der Waals surface area contributed by atoms with Gasteiger partial charge in [-0.05, 0) is 64.9 Å². The van der Waals surface area contributed by atoms with E-state index < -0.39 is 92.5 Å². The molecule has 8 rings (SSSR count). The predicted molar refractivity (Wildman–Crippen MR) is 215 cm³/mol. The number of fused-ring (bicyclic) bond motifs is 2. The van der Waals surface area contributed by atoms with Gasteiger partial charge in [0, 0.05) is 31.9 Å². The van der Waals surface area contributed by atoms with Crippen LogP contribution in [0.3, 0.4) is 0 Å². The molecular formula is C46H21F10N3O2S. The largest absolute Gasteiger partial charge is 0.477 e. The van der Waals surface area contributed by atoms with Gasteiger partial charge in [-0.2, -0.15) is 5.26 Å². The summed E-state index contributed by atoms with van der Waals surface area (Å²) in [6.07, 6.45) is 1.02. The van der Waals surface area contributed by atoms with E-state index in [9.17, 15) is 23.9 Å². The molecule has 0 fully saturated rings. The summed E-state index contributed by atoms with van der Waals surface area (Å²) in [5, 5.41) is 20.1. The Morgan fingerprint density at radius 2 is 0.935 bits per heavy atom. The number of carboxylic acid groups (broad SMARTS) is 1. The molecule has 0 saturated carbocycles. The number of hydrogen-bond acceptors (Lipinski definition) is 5. The monoisotopic (exact) mass is 869 g/mol. The highest BCUT2D eigenvalue weighted by Gasteiger charge is 2.35. The molecule has 0 aliphatic rings. The first kappa shape index (κ1) is 41.1. The van der Waals surface area contributed by atoms with Crippen molar-refractivity contribution in [2.75, 3.05) is 9.80 Å². The number of carboxylic acids is 1. The van der Waals surface area contributed by atoms with Gasteiger partial charge in [0.25, 0.3) is 0 Å². The number of thiophene rings is 1. The van der Waals surface area contributed by atoms with Crippen molar-refractivity contribution in [3.8, 4) is 16.5 Å². The highest BCUT2D eigenvalue weighted by atomic mass is 32.1. The number of nitriles is 1. The van der Waals surface area contributed by atoms with Gasteiger partial charge in [0.1, 0.15) is 23.0 Å². The van der Waals surface area contributed by atoms with Gasteiger partial charge in [0.05, 0.1) is 11.4 Å². The van der Waals surface area contributed by atoms with Crippen molar-refractivity contribution in [2.45, 2.75) is 0 Å². The molecule has 1 N–H and O–H groups in total. The first-order valence-electron chi connectivity index (χ1n) is 17.9. The average molecular weight is 870 g/mol. The average Bonchev–Trinajstić information content (AvgIpc) is 3.76. The first-order valence-corrected chi connectivity index (χ1v) is 18.7. The number of halogens is 10. The quantitative estimate of drug-likeness (QED) is 0.0515. The fraction of sp³-hybridized carbons (Fsp3) is 0. The number of hydrogen-bond donors (Lipinski definition) is 1. The zero-order valence-electron chi connectivity index (χ0n) is 30.9. The maximum absolute atomic E-state index is 16.2. The Balaban J connectivity index is 1.54. The van der Waals surface area contributed by atoms with Crippen LogP contribution in [0.2, 0.25) is 0 Å². The lowest BCUT2D eigenvalue weighted by Crippen LogP contribution is -2.20. The van der Waals surface area contributed by atoms with Crippen LogP contribution in [0.4, 0.5) is 78.0 Å². The van der Waals surface area contributed by atoms with Crippen molar-refractivity contribution in [3.05, 3.63) is 184 Å². The minimum atomic E-state index is -2.47. The molecule has 8 aromatic rings. The third-order valence-electron chi connectivity index (χ3n) is 9.80. The van der Waals surface area contributed by atoms with Crippen LogP contribution in [0, 0.1) is 69.5 Å². The fourth-order valence-corrected chi connectivity index (χ4v) is 7.97. The standard InChI is InChI=1S/C46H21F10N3O2S/c47-34-36(49)40(53)44(41(54)37(34)50)58(31-13-5-9-22-7-1-3-11-29(22)31)26-17-24(33-16-15-28(62-33)19-25(21-57)46(60)61)18-27(20-26)59(32-14-6-10-23-8-2-4-12-30(23)32)45-42(55)38(51)35(48)39(52)43(45)56/h1-20H,(H,60,61)/b25-19-. The molecule has 1 heterocycles. The van der Waals surface area contributed by atoms with Crippen LogP contribution in [0.25, 0.3) is 38.1 Å². The summed E-state index contributed by atoms with van der Waals surface area (Å²) in [6, 6.07) is 28.8. The number of nitrogens with zero attached hydrogens (tertiary/aromatic N) is 3. The SMILES string of the molecule is N#C/C(=C/c1ccc(-c2cc(N(c3c(F)c(F)c(F)c(F)c3F)c3cccc4ccccc34)cc(N(c3c(F)c(F)c(F)c(F)c3F)c3cccc4ccccc34)c2)s1)C(=O)O. The van der Waals surface area contributed by atoms with Gasteiger partial charge < -0.3 is 14.9 Å². The summed E-state index contributed by atoms with van der Waals surface area (Å²) in [7, 11) is 0. The fourth-order valence-electron chi connectivity index (χ4n) is 7.03. The molecule has 16 heteroatoms. The molecule has 62 heavy (non-hydrogen) atoms. The van der Waals surface area contributed by atoms with Crippen LogP contribution in [-0.2, 0) is 4.79 Å².